The van der Waals surface area contributed by atoms with Gasteiger partial charge in [0.15, 0.2) is 0 Å². The molecular weight excluding hydrogens is 288 g/mol. The molecule has 0 fully saturated rings. The van der Waals surface area contributed by atoms with Crippen molar-refractivity contribution in [3.63, 3.8) is 0 Å². The van der Waals surface area contributed by atoms with Crippen LogP contribution in [0.25, 0.3) is 0 Å². The van der Waals surface area contributed by atoms with Gasteiger partial charge >= 0.3 is 5.69 Å². The number of hydrogen-bond acceptors (Lipinski definition) is 5. The second kappa shape index (κ2) is 6.37. The smallest absolute Gasteiger partial charge is 0.307 e. The molecule has 9 nitrogen and oxygen atoms in total. The Morgan fingerprint density at radius 3 is 2.68 bits per heavy atom. The first kappa shape index (κ1) is 15.7. The molecule has 22 heavy (non-hydrogen) atoms. The zero-order valence-electron chi connectivity index (χ0n) is 12.7. The zero-order chi connectivity index (χ0) is 16.3. The van der Waals surface area contributed by atoms with Crippen LogP contribution in [0.2, 0.25) is 0 Å². The summed E-state index contributed by atoms with van der Waals surface area (Å²) in [5, 5.41) is 21.5. The van der Waals surface area contributed by atoms with Crippen molar-refractivity contribution in [2.75, 3.05) is 0 Å². The van der Waals surface area contributed by atoms with Gasteiger partial charge in [-0.1, -0.05) is 6.92 Å². The fourth-order valence-electron chi connectivity index (χ4n) is 2.10. The summed E-state index contributed by atoms with van der Waals surface area (Å²) in [6, 6.07) is -0.578. The number of rotatable bonds is 6. The third kappa shape index (κ3) is 3.13. The van der Waals surface area contributed by atoms with E-state index in [9.17, 15) is 14.9 Å². The summed E-state index contributed by atoms with van der Waals surface area (Å²) < 4.78 is 3.05. The maximum absolute atomic E-state index is 12.3. The Morgan fingerprint density at radius 1 is 1.45 bits per heavy atom. The fraction of sp³-hybridized carbons (Fsp3) is 0.462. The van der Waals surface area contributed by atoms with Crippen LogP contribution in [0.3, 0.4) is 0 Å². The summed E-state index contributed by atoms with van der Waals surface area (Å²) in [5.41, 5.74) is 1.77. The number of amides is 1. The molecular formula is C13H18N6O3. The summed E-state index contributed by atoms with van der Waals surface area (Å²) in [6.07, 6.45) is 4.59. The Kier molecular flexibility index (Phi) is 4.54. The number of nitro groups is 1. The molecule has 0 bridgehead atoms. The van der Waals surface area contributed by atoms with E-state index in [-0.39, 0.29) is 11.6 Å². The first-order chi connectivity index (χ1) is 10.4. The van der Waals surface area contributed by atoms with E-state index in [1.807, 2.05) is 20.9 Å². The van der Waals surface area contributed by atoms with E-state index in [1.165, 1.54) is 10.9 Å². The predicted molar refractivity (Wildman–Crippen MR) is 78.0 cm³/mol. The van der Waals surface area contributed by atoms with Crippen molar-refractivity contribution in [3.8, 4) is 0 Å². The minimum atomic E-state index is -0.578. The van der Waals surface area contributed by atoms with Crippen LogP contribution in [0, 0.1) is 17.0 Å². The maximum Gasteiger partial charge on any atom is 0.307 e. The molecule has 0 spiro atoms. The fourth-order valence-corrected chi connectivity index (χ4v) is 2.10. The number of hydrogen-bond donors (Lipinski definition) is 1. The molecule has 0 aliphatic carbocycles. The lowest BCUT2D eigenvalue weighted by molar-refractivity contribution is -0.385. The summed E-state index contributed by atoms with van der Waals surface area (Å²) in [7, 11) is 1.83. The molecule has 2 aromatic heterocycles. The highest BCUT2D eigenvalue weighted by Crippen LogP contribution is 2.16. The molecule has 2 rings (SSSR count). The quantitative estimate of drug-likeness (QED) is 0.635. The Bertz CT molecular complexity index is 690. The van der Waals surface area contributed by atoms with Crippen molar-refractivity contribution >= 4 is 11.6 Å². The molecule has 0 saturated heterocycles. The lowest BCUT2D eigenvalue weighted by atomic mass is 10.2. The van der Waals surface area contributed by atoms with E-state index in [0.717, 1.165) is 17.5 Å². The van der Waals surface area contributed by atoms with Gasteiger partial charge in [0.25, 0.3) is 0 Å². The van der Waals surface area contributed by atoms with Gasteiger partial charge in [-0.3, -0.25) is 24.3 Å². The van der Waals surface area contributed by atoms with Crippen molar-refractivity contribution in [2.45, 2.75) is 32.9 Å². The number of aryl methyl sites for hydroxylation is 1. The van der Waals surface area contributed by atoms with Gasteiger partial charge in [-0.05, 0) is 13.3 Å². The third-order valence-corrected chi connectivity index (χ3v) is 3.60. The first-order valence-electron chi connectivity index (χ1n) is 6.87. The molecule has 0 aliphatic heterocycles. The second-order valence-electron chi connectivity index (χ2n) is 4.96. The average Bonchev–Trinajstić information content (AvgIpc) is 3.07. The number of aromatic nitrogens is 4. The summed E-state index contributed by atoms with van der Waals surface area (Å²) in [6.45, 7) is 4.11. The Balaban J connectivity index is 2.05. The predicted octanol–water partition coefficient (Wildman–Crippen LogP) is 1.10. The first-order valence-corrected chi connectivity index (χ1v) is 6.87. The van der Waals surface area contributed by atoms with E-state index in [2.05, 4.69) is 15.5 Å². The van der Waals surface area contributed by atoms with Gasteiger partial charge in [0.1, 0.15) is 18.4 Å². The van der Waals surface area contributed by atoms with Crippen LogP contribution in [0.4, 0.5) is 5.69 Å². The van der Waals surface area contributed by atoms with Crippen LogP contribution in [0.5, 0.6) is 0 Å². The molecule has 0 aliphatic rings. The highest BCUT2D eigenvalue weighted by atomic mass is 16.6. The normalized spacial score (nSPS) is 12.1. The largest absolute Gasteiger partial charge is 0.350 e. The molecule has 0 radical (unpaired) electrons. The van der Waals surface area contributed by atoms with Gasteiger partial charge in [-0.2, -0.15) is 10.2 Å². The van der Waals surface area contributed by atoms with Gasteiger partial charge in [-0.25, -0.2) is 0 Å². The molecule has 0 aromatic carbocycles. The molecule has 2 heterocycles. The van der Waals surface area contributed by atoms with Crippen LogP contribution < -0.4 is 5.32 Å². The van der Waals surface area contributed by atoms with Crippen molar-refractivity contribution in [2.24, 2.45) is 7.05 Å². The molecule has 9 heteroatoms. The van der Waals surface area contributed by atoms with Crippen LogP contribution in [0.1, 0.15) is 30.6 Å². The Hall–Kier alpha value is -2.71. The number of nitrogens with one attached hydrogen (secondary N) is 1. The second-order valence-corrected chi connectivity index (χ2v) is 4.96. The van der Waals surface area contributed by atoms with Gasteiger partial charge in [-0.15, -0.1) is 0 Å². The van der Waals surface area contributed by atoms with E-state index in [4.69, 9.17) is 0 Å². The van der Waals surface area contributed by atoms with Crippen LogP contribution in [0.15, 0.2) is 18.6 Å². The van der Waals surface area contributed by atoms with Crippen molar-refractivity contribution in [1.82, 2.24) is 24.9 Å². The molecule has 1 amide bonds. The summed E-state index contributed by atoms with van der Waals surface area (Å²) in [5.74, 6) is -0.233. The minimum Gasteiger partial charge on any atom is -0.350 e. The summed E-state index contributed by atoms with van der Waals surface area (Å²) in [4.78, 5) is 22.4. The van der Waals surface area contributed by atoms with Gasteiger partial charge in [0, 0.05) is 24.8 Å². The molecule has 1 N–H and O–H groups in total. The number of carbonyl (C=O) groups excluding carboxylic acids is 1. The maximum atomic E-state index is 12.3. The lowest BCUT2D eigenvalue weighted by Gasteiger charge is -2.15. The van der Waals surface area contributed by atoms with Gasteiger partial charge in [0.05, 0.1) is 11.1 Å². The summed E-state index contributed by atoms with van der Waals surface area (Å²) >= 11 is 0. The zero-order valence-corrected chi connectivity index (χ0v) is 12.7. The van der Waals surface area contributed by atoms with Crippen molar-refractivity contribution < 1.29 is 9.72 Å². The Labute approximate surface area is 127 Å². The lowest BCUT2D eigenvalue weighted by Crippen LogP contribution is -2.32. The van der Waals surface area contributed by atoms with Gasteiger partial charge in [0.2, 0.25) is 5.91 Å². The minimum absolute atomic E-state index is 0.130. The molecule has 118 valence electrons. The molecule has 2 aromatic rings. The van der Waals surface area contributed by atoms with E-state index < -0.39 is 11.0 Å². The highest BCUT2D eigenvalue weighted by molar-refractivity contribution is 5.80. The monoisotopic (exact) mass is 306 g/mol. The van der Waals surface area contributed by atoms with Gasteiger partial charge < -0.3 is 5.32 Å². The van der Waals surface area contributed by atoms with Crippen molar-refractivity contribution in [3.05, 3.63) is 40.0 Å². The SMILES string of the molecule is CCC(C(=O)NCc1cnn(C)c1C)n1cc([N+](=O)[O-])cn1. The third-order valence-electron chi connectivity index (χ3n) is 3.60. The van der Waals surface area contributed by atoms with Crippen molar-refractivity contribution in [1.29, 1.82) is 0 Å². The van der Waals surface area contributed by atoms with Crippen LogP contribution in [-0.4, -0.2) is 30.4 Å². The molecule has 1 unspecified atom stereocenters. The Morgan fingerprint density at radius 2 is 2.18 bits per heavy atom. The van der Waals surface area contributed by atoms with Crippen LogP contribution in [-0.2, 0) is 18.4 Å². The number of nitrogens with zero attached hydrogens (tertiary/aromatic N) is 5. The van der Waals surface area contributed by atoms with E-state index in [1.54, 1.807) is 10.9 Å². The number of carbonyl (C=O) groups is 1. The van der Waals surface area contributed by atoms with Crippen LogP contribution >= 0.6 is 0 Å². The average molecular weight is 306 g/mol. The highest BCUT2D eigenvalue weighted by Gasteiger charge is 2.22. The molecule has 0 saturated carbocycles. The van der Waals surface area contributed by atoms with E-state index in [0.29, 0.717) is 13.0 Å². The molecule has 1 atom stereocenters. The topological polar surface area (TPSA) is 108 Å². The standard InChI is InChI=1S/C13H18N6O3/c1-4-12(18-8-11(7-16-18)19(21)22)13(20)14-5-10-6-15-17(3)9(10)2/h6-8,12H,4-5H2,1-3H3,(H,14,20). The van der Waals surface area contributed by atoms with E-state index >= 15 is 0 Å².